The Morgan fingerprint density at radius 3 is 2.60 bits per heavy atom. The maximum absolute atomic E-state index is 12.0. The molecule has 2 aliphatic heterocycles. The molecule has 1 N–H and O–H groups in total. The third kappa shape index (κ3) is 2.51. The Labute approximate surface area is 116 Å². The average Bonchev–Trinajstić information content (AvgIpc) is 3.03. The van der Waals surface area contributed by atoms with Crippen molar-refractivity contribution in [3.63, 3.8) is 0 Å². The highest BCUT2D eigenvalue weighted by Crippen LogP contribution is 2.20. The molecule has 0 radical (unpaired) electrons. The summed E-state index contributed by atoms with van der Waals surface area (Å²) in [6, 6.07) is 0.113. The van der Waals surface area contributed by atoms with E-state index in [1.807, 2.05) is 9.80 Å². The summed E-state index contributed by atoms with van der Waals surface area (Å²) in [7, 11) is 0. The molecule has 0 aliphatic carbocycles. The van der Waals surface area contributed by atoms with Gasteiger partial charge < -0.3 is 10.0 Å². The largest absolute Gasteiger partial charge is 0.476 e. The van der Waals surface area contributed by atoms with Crippen LogP contribution in [0.5, 0.6) is 0 Å². The molecule has 20 heavy (non-hydrogen) atoms. The van der Waals surface area contributed by atoms with Crippen LogP contribution in [0.2, 0.25) is 0 Å². The molecule has 0 atom stereocenters. The molecule has 2 saturated heterocycles. The fourth-order valence-electron chi connectivity index (χ4n) is 2.65. The summed E-state index contributed by atoms with van der Waals surface area (Å²) in [6.45, 7) is 3.61. The van der Waals surface area contributed by atoms with Gasteiger partial charge in [0.05, 0.1) is 18.8 Å². The van der Waals surface area contributed by atoms with E-state index < -0.39 is 5.97 Å². The predicted octanol–water partition coefficient (Wildman–Crippen LogP) is -0.545. The molecule has 3 heterocycles. The van der Waals surface area contributed by atoms with Crippen LogP contribution >= 0.6 is 0 Å². The quantitative estimate of drug-likeness (QED) is 0.795. The maximum Gasteiger partial charge on any atom is 0.358 e. The van der Waals surface area contributed by atoms with E-state index in [0.717, 1.165) is 25.9 Å². The van der Waals surface area contributed by atoms with Gasteiger partial charge in [-0.1, -0.05) is 5.21 Å². The van der Waals surface area contributed by atoms with E-state index in [0.29, 0.717) is 19.6 Å². The second-order valence-electron chi connectivity index (χ2n) is 5.32. The van der Waals surface area contributed by atoms with Crippen LogP contribution in [0, 0.1) is 0 Å². The Bertz CT molecular complexity index is 517. The summed E-state index contributed by atoms with van der Waals surface area (Å²) in [6.07, 6.45) is 3.64. The minimum atomic E-state index is -1.07. The standard InChI is InChI=1S/C12H17N5O3/c18-11(16-3-1-2-4-16)8-15-5-9(6-15)17-7-10(12(19)20)13-14-17/h7,9H,1-6,8H2,(H,19,20). The van der Waals surface area contributed by atoms with Gasteiger partial charge in [-0.05, 0) is 12.8 Å². The summed E-state index contributed by atoms with van der Waals surface area (Å²) >= 11 is 0. The lowest BCUT2D eigenvalue weighted by atomic mass is 10.1. The van der Waals surface area contributed by atoms with Crippen molar-refractivity contribution in [3.8, 4) is 0 Å². The van der Waals surface area contributed by atoms with Gasteiger partial charge in [0.25, 0.3) is 0 Å². The zero-order valence-electron chi connectivity index (χ0n) is 11.1. The summed E-state index contributed by atoms with van der Waals surface area (Å²) in [5.74, 6) is -0.887. The summed E-state index contributed by atoms with van der Waals surface area (Å²) in [5, 5.41) is 16.2. The summed E-state index contributed by atoms with van der Waals surface area (Å²) in [5.41, 5.74) is -0.0448. The van der Waals surface area contributed by atoms with Gasteiger partial charge in [-0.3, -0.25) is 9.69 Å². The molecular formula is C12H17N5O3. The van der Waals surface area contributed by atoms with Crippen molar-refractivity contribution in [3.05, 3.63) is 11.9 Å². The van der Waals surface area contributed by atoms with Gasteiger partial charge in [0.1, 0.15) is 0 Å². The zero-order chi connectivity index (χ0) is 14.1. The lowest BCUT2D eigenvalue weighted by molar-refractivity contribution is -0.132. The van der Waals surface area contributed by atoms with Crippen molar-refractivity contribution >= 4 is 11.9 Å². The van der Waals surface area contributed by atoms with Crippen molar-refractivity contribution in [1.29, 1.82) is 0 Å². The van der Waals surface area contributed by atoms with E-state index in [9.17, 15) is 9.59 Å². The number of hydrogen-bond donors (Lipinski definition) is 1. The van der Waals surface area contributed by atoms with Crippen molar-refractivity contribution < 1.29 is 14.7 Å². The van der Waals surface area contributed by atoms with E-state index in [1.165, 1.54) is 6.20 Å². The molecule has 1 aromatic rings. The number of carbonyl (C=O) groups is 2. The molecule has 0 saturated carbocycles. The van der Waals surface area contributed by atoms with Gasteiger partial charge in [0.2, 0.25) is 5.91 Å². The molecule has 8 heteroatoms. The van der Waals surface area contributed by atoms with E-state index in [-0.39, 0.29) is 17.6 Å². The maximum atomic E-state index is 12.0. The topological polar surface area (TPSA) is 91.6 Å². The number of carboxylic acids is 1. The van der Waals surface area contributed by atoms with Gasteiger partial charge in [-0.25, -0.2) is 9.48 Å². The van der Waals surface area contributed by atoms with Crippen LogP contribution < -0.4 is 0 Å². The lowest BCUT2D eigenvalue weighted by Crippen LogP contribution is -2.51. The minimum Gasteiger partial charge on any atom is -0.476 e. The van der Waals surface area contributed by atoms with E-state index in [4.69, 9.17) is 5.11 Å². The van der Waals surface area contributed by atoms with Crippen LogP contribution in [0.25, 0.3) is 0 Å². The fourth-order valence-corrected chi connectivity index (χ4v) is 2.65. The normalized spacial score (nSPS) is 20.1. The number of aromatic carboxylic acids is 1. The molecule has 2 aliphatic rings. The number of amides is 1. The molecule has 0 unspecified atom stereocenters. The monoisotopic (exact) mass is 279 g/mol. The Hall–Kier alpha value is -1.96. The highest BCUT2D eigenvalue weighted by molar-refractivity contribution is 5.84. The van der Waals surface area contributed by atoms with Crippen LogP contribution in [-0.4, -0.2) is 74.5 Å². The van der Waals surface area contributed by atoms with Crippen molar-refractivity contribution in [2.24, 2.45) is 0 Å². The van der Waals surface area contributed by atoms with Crippen molar-refractivity contribution in [2.75, 3.05) is 32.7 Å². The van der Waals surface area contributed by atoms with Crippen LogP contribution in [0.15, 0.2) is 6.20 Å². The Morgan fingerprint density at radius 2 is 2.00 bits per heavy atom. The number of likely N-dealkylation sites (tertiary alicyclic amines) is 2. The number of nitrogens with zero attached hydrogens (tertiary/aromatic N) is 5. The molecule has 1 amide bonds. The highest BCUT2D eigenvalue weighted by atomic mass is 16.4. The average molecular weight is 279 g/mol. The zero-order valence-corrected chi connectivity index (χ0v) is 11.1. The second-order valence-corrected chi connectivity index (χ2v) is 5.32. The molecule has 0 aromatic carbocycles. The molecule has 3 rings (SSSR count). The molecular weight excluding hydrogens is 262 g/mol. The van der Waals surface area contributed by atoms with Crippen LogP contribution in [-0.2, 0) is 4.79 Å². The smallest absolute Gasteiger partial charge is 0.358 e. The Balaban J connectivity index is 1.48. The minimum absolute atomic E-state index is 0.0448. The summed E-state index contributed by atoms with van der Waals surface area (Å²) < 4.78 is 1.57. The lowest BCUT2D eigenvalue weighted by Gasteiger charge is -2.38. The number of carboxylic acid groups (broad SMARTS) is 1. The molecule has 108 valence electrons. The van der Waals surface area contributed by atoms with Crippen LogP contribution in [0.1, 0.15) is 29.4 Å². The number of carbonyl (C=O) groups excluding carboxylic acids is 1. The van der Waals surface area contributed by atoms with Crippen molar-refractivity contribution in [2.45, 2.75) is 18.9 Å². The number of hydrogen-bond acceptors (Lipinski definition) is 5. The predicted molar refractivity (Wildman–Crippen MR) is 68.3 cm³/mol. The van der Waals surface area contributed by atoms with Gasteiger partial charge >= 0.3 is 5.97 Å². The Kier molecular flexibility index (Phi) is 3.39. The first kappa shape index (κ1) is 13.0. The Morgan fingerprint density at radius 1 is 1.30 bits per heavy atom. The number of rotatable bonds is 4. The van der Waals surface area contributed by atoms with Crippen molar-refractivity contribution in [1.82, 2.24) is 24.8 Å². The highest BCUT2D eigenvalue weighted by Gasteiger charge is 2.32. The third-order valence-electron chi connectivity index (χ3n) is 3.86. The van der Waals surface area contributed by atoms with E-state index >= 15 is 0 Å². The number of aromatic nitrogens is 3. The van der Waals surface area contributed by atoms with Crippen LogP contribution in [0.3, 0.4) is 0 Å². The van der Waals surface area contributed by atoms with Gasteiger partial charge in [0, 0.05) is 26.2 Å². The first-order valence-corrected chi connectivity index (χ1v) is 6.79. The SMILES string of the molecule is O=C(O)c1cn(C2CN(CC(=O)N3CCCC3)C2)nn1. The molecule has 1 aromatic heterocycles. The van der Waals surface area contributed by atoms with Gasteiger partial charge in [0.15, 0.2) is 5.69 Å². The van der Waals surface area contributed by atoms with E-state index in [1.54, 1.807) is 4.68 Å². The van der Waals surface area contributed by atoms with Gasteiger partial charge in [-0.2, -0.15) is 0 Å². The van der Waals surface area contributed by atoms with Gasteiger partial charge in [-0.15, -0.1) is 5.10 Å². The first-order chi connectivity index (χ1) is 9.63. The second kappa shape index (κ2) is 5.20. The molecule has 2 fully saturated rings. The molecule has 8 nitrogen and oxygen atoms in total. The molecule has 0 bridgehead atoms. The molecule has 0 spiro atoms. The van der Waals surface area contributed by atoms with Crippen LogP contribution in [0.4, 0.5) is 0 Å². The third-order valence-corrected chi connectivity index (χ3v) is 3.86. The van der Waals surface area contributed by atoms with E-state index in [2.05, 4.69) is 10.3 Å². The first-order valence-electron chi connectivity index (χ1n) is 6.79. The fraction of sp³-hybridized carbons (Fsp3) is 0.667. The summed E-state index contributed by atoms with van der Waals surface area (Å²) in [4.78, 5) is 26.6.